The molecule has 0 aliphatic heterocycles. The molecule has 0 radical (unpaired) electrons. The summed E-state index contributed by atoms with van der Waals surface area (Å²) in [6.45, 7) is 8.60. The van der Waals surface area contributed by atoms with Gasteiger partial charge in [0, 0.05) is 13.1 Å². The normalized spacial score (nSPS) is 11.4. The van der Waals surface area contributed by atoms with Crippen molar-refractivity contribution in [3.63, 3.8) is 0 Å². The molecule has 1 aromatic rings. The Morgan fingerprint density at radius 1 is 1.16 bits per heavy atom. The standard InChI is InChI=1S/C19H31N3O3/c1-6-14(7-2)12-21-19(20-8-3)22-13-15-9-10-17(24-4)16(11-15)18(23)25-5/h9-11,14H,6-8,12-13H2,1-5H3,(H2,20,21,22). The Kier molecular flexibility index (Phi) is 9.43. The molecule has 0 fully saturated rings. The monoisotopic (exact) mass is 349 g/mol. The molecule has 0 amide bonds. The van der Waals surface area contributed by atoms with Gasteiger partial charge in [-0.2, -0.15) is 0 Å². The average Bonchev–Trinajstić information content (AvgIpc) is 2.65. The van der Waals surface area contributed by atoms with Crippen LogP contribution in [0.3, 0.4) is 0 Å². The van der Waals surface area contributed by atoms with Crippen LogP contribution in [0.15, 0.2) is 23.2 Å². The fourth-order valence-electron chi connectivity index (χ4n) is 2.45. The fraction of sp³-hybridized carbons (Fsp3) is 0.579. The number of carbonyl (C=O) groups is 1. The molecule has 2 N–H and O–H groups in total. The van der Waals surface area contributed by atoms with Crippen molar-refractivity contribution >= 4 is 11.9 Å². The van der Waals surface area contributed by atoms with E-state index in [0.717, 1.165) is 37.5 Å². The van der Waals surface area contributed by atoms with Gasteiger partial charge in [0.05, 0.1) is 20.8 Å². The number of guanidine groups is 1. The van der Waals surface area contributed by atoms with Gasteiger partial charge in [-0.1, -0.05) is 32.8 Å². The summed E-state index contributed by atoms with van der Waals surface area (Å²) in [6.07, 6.45) is 2.29. The first-order valence-corrected chi connectivity index (χ1v) is 8.86. The Morgan fingerprint density at radius 3 is 2.44 bits per heavy atom. The van der Waals surface area contributed by atoms with Crippen molar-refractivity contribution in [3.8, 4) is 5.75 Å². The SMILES string of the molecule is CCNC(=NCc1ccc(OC)c(C(=O)OC)c1)NCC(CC)CC. The van der Waals surface area contributed by atoms with Crippen molar-refractivity contribution in [1.29, 1.82) is 0 Å². The summed E-state index contributed by atoms with van der Waals surface area (Å²) in [4.78, 5) is 16.5. The van der Waals surface area contributed by atoms with E-state index in [-0.39, 0.29) is 0 Å². The molecule has 0 atom stereocenters. The number of hydrogen-bond donors (Lipinski definition) is 2. The molecule has 0 heterocycles. The van der Waals surface area contributed by atoms with Crippen LogP contribution in [-0.4, -0.2) is 39.2 Å². The minimum Gasteiger partial charge on any atom is -0.496 e. The predicted octanol–water partition coefficient (Wildman–Crippen LogP) is 2.97. The summed E-state index contributed by atoms with van der Waals surface area (Å²) in [5, 5.41) is 6.64. The summed E-state index contributed by atoms with van der Waals surface area (Å²) in [7, 11) is 2.89. The number of carbonyl (C=O) groups excluding carboxylic acids is 1. The van der Waals surface area contributed by atoms with E-state index in [1.165, 1.54) is 14.2 Å². The van der Waals surface area contributed by atoms with Crippen molar-refractivity contribution in [1.82, 2.24) is 10.6 Å². The summed E-state index contributed by atoms with van der Waals surface area (Å²) in [6, 6.07) is 5.43. The molecule has 0 saturated heterocycles. The third kappa shape index (κ3) is 6.64. The second-order valence-corrected chi connectivity index (χ2v) is 5.78. The number of rotatable bonds is 9. The largest absolute Gasteiger partial charge is 0.496 e. The van der Waals surface area contributed by atoms with Crippen LogP contribution in [0.2, 0.25) is 0 Å². The van der Waals surface area contributed by atoms with Crippen molar-refractivity contribution in [2.75, 3.05) is 27.3 Å². The minimum atomic E-state index is -0.415. The van der Waals surface area contributed by atoms with Crippen molar-refractivity contribution in [2.45, 2.75) is 40.2 Å². The number of aliphatic imine (C=N–C) groups is 1. The van der Waals surface area contributed by atoms with E-state index in [1.54, 1.807) is 12.1 Å². The highest BCUT2D eigenvalue weighted by Gasteiger charge is 2.13. The zero-order chi connectivity index (χ0) is 18.7. The fourth-order valence-corrected chi connectivity index (χ4v) is 2.45. The van der Waals surface area contributed by atoms with E-state index in [0.29, 0.717) is 23.8 Å². The lowest BCUT2D eigenvalue weighted by molar-refractivity contribution is 0.0597. The van der Waals surface area contributed by atoms with Crippen LogP contribution in [0.4, 0.5) is 0 Å². The molecular weight excluding hydrogens is 318 g/mol. The zero-order valence-corrected chi connectivity index (χ0v) is 16.0. The van der Waals surface area contributed by atoms with Gasteiger partial charge >= 0.3 is 5.97 Å². The Morgan fingerprint density at radius 2 is 1.88 bits per heavy atom. The molecule has 0 aliphatic rings. The number of ether oxygens (including phenoxy) is 2. The van der Waals surface area contributed by atoms with Crippen LogP contribution < -0.4 is 15.4 Å². The van der Waals surface area contributed by atoms with Crippen LogP contribution in [0, 0.1) is 5.92 Å². The van der Waals surface area contributed by atoms with Crippen LogP contribution in [0.1, 0.15) is 49.5 Å². The zero-order valence-electron chi connectivity index (χ0n) is 16.0. The Labute approximate surface area is 151 Å². The topological polar surface area (TPSA) is 72.0 Å². The lowest BCUT2D eigenvalue weighted by Gasteiger charge is -2.16. The quantitative estimate of drug-likeness (QED) is 0.407. The molecule has 0 spiro atoms. The van der Waals surface area contributed by atoms with Crippen LogP contribution in [0.5, 0.6) is 5.75 Å². The summed E-state index contributed by atoms with van der Waals surface area (Å²) >= 11 is 0. The summed E-state index contributed by atoms with van der Waals surface area (Å²) in [5.74, 6) is 1.50. The third-order valence-corrected chi connectivity index (χ3v) is 4.15. The van der Waals surface area contributed by atoms with Crippen LogP contribution in [0.25, 0.3) is 0 Å². The first-order chi connectivity index (χ1) is 12.1. The second-order valence-electron chi connectivity index (χ2n) is 5.78. The smallest absolute Gasteiger partial charge is 0.341 e. The Bertz CT molecular complexity index is 569. The maximum atomic E-state index is 11.9. The van der Waals surface area contributed by atoms with Crippen molar-refractivity contribution < 1.29 is 14.3 Å². The number of esters is 1. The number of nitrogens with zero attached hydrogens (tertiary/aromatic N) is 1. The predicted molar refractivity (Wildman–Crippen MR) is 101 cm³/mol. The molecule has 1 aromatic carbocycles. The Hall–Kier alpha value is -2.24. The molecule has 25 heavy (non-hydrogen) atoms. The van der Waals surface area contributed by atoms with Gasteiger partial charge in [0.25, 0.3) is 0 Å². The van der Waals surface area contributed by atoms with Gasteiger partial charge in [-0.25, -0.2) is 9.79 Å². The van der Waals surface area contributed by atoms with Gasteiger partial charge in [-0.15, -0.1) is 0 Å². The maximum Gasteiger partial charge on any atom is 0.341 e. The number of nitrogens with one attached hydrogen (secondary N) is 2. The molecule has 0 aliphatic carbocycles. The van der Waals surface area contributed by atoms with Gasteiger partial charge in [-0.3, -0.25) is 0 Å². The second kappa shape index (κ2) is 11.3. The first kappa shape index (κ1) is 20.8. The van der Waals surface area contributed by atoms with E-state index in [2.05, 4.69) is 29.5 Å². The minimum absolute atomic E-state index is 0.410. The van der Waals surface area contributed by atoms with E-state index in [4.69, 9.17) is 9.47 Å². The number of benzene rings is 1. The highest BCUT2D eigenvalue weighted by molar-refractivity contribution is 5.92. The molecule has 0 bridgehead atoms. The van der Waals surface area contributed by atoms with E-state index >= 15 is 0 Å². The van der Waals surface area contributed by atoms with E-state index in [9.17, 15) is 4.79 Å². The molecule has 140 valence electrons. The van der Waals surface area contributed by atoms with E-state index in [1.807, 2.05) is 13.0 Å². The lowest BCUT2D eigenvalue weighted by Crippen LogP contribution is -2.39. The molecule has 0 aromatic heterocycles. The Balaban J connectivity index is 2.86. The van der Waals surface area contributed by atoms with Gasteiger partial charge in [0.2, 0.25) is 0 Å². The first-order valence-electron chi connectivity index (χ1n) is 8.86. The highest BCUT2D eigenvalue weighted by Crippen LogP contribution is 2.21. The summed E-state index contributed by atoms with van der Waals surface area (Å²) < 4.78 is 10.0. The van der Waals surface area contributed by atoms with Gasteiger partial charge in [0.15, 0.2) is 5.96 Å². The lowest BCUT2D eigenvalue weighted by atomic mass is 10.0. The molecular formula is C19H31N3O3. The molecule has 0 saturated carbocycles. The molecule has 1 rings (SSSR count). The molecule has 0 unspecified atom stereocenters. The van der Waals surface area contributed by atoms with Crippen LogP contribution >= 0.6 is 0 Å². The van der Waals surface area contributed by atoms with Gasteiger partial charge in [-0.05, 0) is 30.5 Å². The molecule has 6 heteroatoms. The van der Waals surface area contributed by atoms with Gasteiger partial charge in [0.1, 0.15) is 11.3 Å². The van der Waals surface area contributed by atoms with E-state index < -0.39 is 5.97 Å². The maximum absolute atomic E-state index is 11.9. The average molecular weight is 349 g/mol. The summed E-state index contributed by atoms with van der Waals surface area (Å²) in [5.41, 5.74) is 1.33. The third-order valence-electron chi connectivity index (χ3n) is 4.15. The molecule has 6 nitrogen and oxygen atoms in total. The van der Waals surface area contributed by atoms with Crippen LogP contribution in [-0.2, 0) is 11.3 Å². The number of methoxy groups -OCH3 is 2. The highest BCUT2D eigenvalue weighted by atomic mass is 16.5. The van der Waals surface area contributed by atoms with Crippen molar-refractivity contribution in [2.24, 2.45) is 10.9 Å². The van der Waals surface area contributed by atoms with Crippen molar-refractivity contribution in [3.05, 3.63) is 29.3 Å². The van der Waals surface area contributed by atoms with Gasteiger partial charge < -0.3 is 20.1 Å². The number of hydrogen-bond acceptors (Lipinski definition) is 4.